The van der Waals surface area contributed by atoms with E-state index in [-0.39, 0.29) is 5.91 Å². The van der Waals surface area contributed by atoms with Gasteiger partial charge in [0.15, 0.2) is 0 Å². The van der Waals surface area contributed by atoms with E-state index in [9.17, 15) is 4.79 Å². The number of carbonyl (C=O) groups is 1. The zero-order chi connectivity index (χ0) is 12.0. The molecule has 0 atom stereocenters. The minimum Gasteiger partial charge on any atom is -0.355 e. The Hall–Kier alpha value is -1.46. The minimum absolute atomic E-state index is 0.0317. The SMILES string of the molecule is CC(=O)NCCC#Cc1c(C)cccc1Cl. The summed E-state index contributed by atoms with van der Waals surface area (Å²) in [5, 5.41) is 3.36. The summed E-state index contributed by atoms with van der Waals surface area (Å²) in [5.74, 6) is 5.98. The molecule has 1 rings (SSSR count). The van der Waals surface area contributed by atoms with Crippen molar-refractivity contribution in [3.8, 4) is 11.8 Å². The molecule has 0 fully saturated rings. The maximum atomic E-state index is 10.6. The van der Waals surface area contributed by atoms with Crippen LogP contribution in [0.2, 0.25) is 5.02 Å². The van der Waals surface area contributed by atoms with Gasteiger partial charge in [-0.1, -0.05) is 35.6 Å². The van der Waals surface area contributed by atoms with E-state index in [2.05, 4.69) is 17.2 Å². The standard InChI is InChI=1S/C13H14ClNO/c1-10-6-5-8-13(14)12(10)7-3-4-9-15-11(2)16/h5-6,8H,4,9H2,1-2H3,(H,15,16). The first-order valence-electron chi connectivity index (χ1n) is 5.09. The highest BCUT2D eigenvalue weighted by Crippen LogP contribution is 2.17. The van der Waals surface area contributed by atoms with Crippen molar-refractivity contribution in [3.63, 3.8) is 0 Å². The van der Waals surface area contributed by atoms with Crippen molar-refractivity contribution < 1.29 is 4.79 Å². The molecule has 1 aromatic rings. The lowest BCUT2D eigenvalue weighted by Gasteiger charge is -1.99. The van der Waals surface area contributed by atoms with Gasteiger partial charge in [0, 0.05) is 25.5 Å². The molecular formula is C13H14ClNO. The zero-order valence-electron chi connectivity index (χ0n) is 9.43. The van der Waals surface area contributed by atoms with E-state index in [1.54, 1.807) is 0 Å². The fourth-order valence-corrected chi connectivity index (χ4v) is 1.51. The van der Waals surface area contributed by atoms with E-state index >= 15 is 0 Å². The summed E-state index contributed by atoms with van der Waals surface area (Å²) >= 11 is 6.02. The summed E-state index contributed by atoms with van der Waals surface area (Å²) in [4.78, 5) is 10.6. The van der Waals surface area contributed by atoms with Gasteiger partial charge in [-0.15, -0.1) is 0 Å². The van der Waals surface area contributed by atoms with Crippen LogP contribution < -0.4 is 5.32 Å². The quantitative estimate of drug-likeness (QED) is 0.620. The summed E-state index contributed by atoms with van der Waals surface area (Å²) < 4.78 is 0. The lowest BCUT2D eigenvalue weighted by atomic mass is 10.1. The highest BCUT2D eigenvalue weighted by molar-refractivity contribution is 6.31. The molecule has 1 N–H and O–H groups in total. The number of carbonyl (C=O) groups excluding carboxylic acids is 1. The van der Waals surface area contributed by atoms with Gasteiger partial charge in [0.1, 0.15) is 0 Å². The van der Waals surface area contributed by atoms with Gasteiger partial charge >= 0.3 is 0 Å². The van der Waals surface area contributed by atoms with Crippen molar-refractivity contribution in [2.24, 2.45) is 0 Å². The van der Waals surface area contributed by atoms with Gasteiger partial charge in [0.05, 0.1) is 5.02 Å². The fourth-order valence-electron chi connectivity index (χ4n) is 1.24. The first-order chi connectivity index (χ1) is 7.61. The number of amides is 1. The third-order valence-corrected chi connectivity index (χ3v) is 2.37. The second-order valence-electron chi connectivity index (χ2n) is 3.47. The molecule has 0 unspecified atom stereocenters. The summed E-state index contributed by atoms with van der Waals surface area (Å²) in [6, 6.07) is 5.70. The van der Waals surface area contributed by atoms with Crippen LogP contribution in [-0.2, 0) is 4.79 Å². The van der Waals surface area contributed by atoms with Crippen molar-refractivity contribution >= 4 is 17.5 Å². The Balaban J connectivity index is 2.60. The predicted molar refractivity (Wildman–Crippen MR) is 66.4 cm³/mol. The van der Waals surface area contributed by atoms with Gasteiger partial charge in [0.2, 0.25) is 5.91 Å². The normalized spacial score (nSPS) is 9.19. The second-order valence-corrected chi connectivity index (χ2v) is 3.87. The topological polar surface area (TPSA) is 29.1 Å². The monoisotopic (exact) mass is 235 g/mol. The van der Waals surface area contributed by atoms with Crippen LogP contribution in [0, 0.1) is 18.8 Å². The molecule has 0 aromatic heterocycles. The Morgan fingerprint density at radius 3 is 2.88 bits per heavy atom. The summed E-state index contributed by atoms with van der Waals surface area (Å²) in [6.07, 6.45) is 0.629. The van der Waals surface area contributed by atoms with Crippen LogP contribution in [0.1, 0.15) is 24.5 Å². The predicted octanol–water partition coefficient (Wildman–Crippen LogP) is 2.53. The molecule has 16 heavy (non-hydrogen) atoms. The second kappa shape index (κ2) is 6.19. The van der Waals surface area contributed by atoms with Crippen molar-refractivity contribution in [3.05, 3.63) is 34.3 Å². The van der Waals surface area contributed by atoms with E-state index < -0.39 is 0 Å². The van der Waals surface area contributed by atoms with Crippen molar-refractivity contribution in [2.75, 3.05) is 6.54 Å². The molecule has 0 bridgehead atoms. The average Bonchev–Trinajstić information content (AvgIpc) is 2.21. The molecule has 0 saturated heterocycles. The van der Waals surface area contributed by atoms with Gasteiger partial charge in [-0.2, -0.15) is 0 Å². The van der Waals surface area contributed by atoms with Crippen molar-refractivity contribution in [1.82, 2.24) is 5.32 Å². The Labute approximate surface area is 101 Å². The van der Waals surface area contributed by atoms with Gasteiger partial charge in [0.25, 0.3) is 0 Å². The van der Waals surface area contributed by atoms with E-state index in [1.807, 2.05) is 25.1 Å². The van der Waals surface area contributed by atoms with Crippen LogP contribution in [0.25, 0.3) is 0 Å². The first-order valence-corrected chi connectivity index (χ1v) is 5.47. The van der Waals surface area contributed by atoms with Crippen LogP contribution in [0.5, 0.6) is 0 Å². The highest BCUT2D eigenvalue weighted by atomic mass is 35.5. The molecule has 2 nitrogen and oxygen atoms in total. The molecule has 0 heterocycles. The summed E-state index contributed by atoms with van der Waals surface area (Å²) in [6.45, 7) is 4.04. The number of halogens is 1. The van der Waals surface area contributed by atoms with Gasteiger partial charge < -0.3 is 5.32 Å². The van der Waals surface area contributed by atoms with Crippen LogP contribution >= 0.6 is 11.6 Å². The average molecular weight is 236 g/mol. The smallest absolute Gasteiger partial charge is 0.216 e. The van der Waals surface area contributed by atoms with Crippen LogP contribution in [0.3, 0.4) is 0 Å². The minimum atomic E-state index is -0.0317. The van der Waals surface area contributed by atoms with Crippen molar-refractivity contribution in [1.29, 1.82) is 0 Å². The molecule has 0 aliphatic heterocycles. The van der Waals surface area contributed by atoms with Gasteiger partial charge in [-0.3, -0.25) is 4.79 Å². The number of benzene rings is 1. The van der Waals surface area contributed by atoms with Crippen LogP contribution in [-0.4, -0.2) is 12.5 Å². The van der Waals surface area contributed by atoms with E-state index in [0.717, 1.165) is 11.1 Å². The molecule has 0 aliphatic rings. The highest BCUT2D eigenvalue weighted by Gasteiger charge is 1.98. The van der Waals surface area contributed by atoms with E-state index in [1.165, 1.54) is 6.92 Å². The first kappa shape index (κ1) is 12.6. The third kappa shape index (κ3) is 3.96. The molecular weight excluding hydrogens is 222 g/mol. The fraction of sp³-hybridized carbons (Fsp3) is 0.308. The van der Waals surface area contributed by atoms with Crippen LogP contribution in [0.15, 0.2) is 18.2 Å². The van der Waals surface area contributed by atoms with Crippen LogP contribution in [0.4, 0.5) is 0 Å². The maximum Gasteiger partial charge on any atom is 0.216 e. The molecule has 84 valence electrons. The summed E-state index contributed by atoms with van der Waals surface area (Å²) in [7, 11) is 0. The summed E-state index contributed by atoms with van der Waals surface area (Å²) in [5.41, 5.74) is 1.94. The molecule has 1 amide bonds. The lowest BCUT2D eigenvalue weighted by Crippen LogP contribution is -2.20. The Kier molecular flexibility index (Phi) is 4.88. The number of nitrogens with one attached hydrogen (secondary N) is 1. The van der Waals surface area contributed by atoms with Gasteiger partial charge in [-0.05, 0) is 18.6 Å². The molecule has 0 saturated carbocycles. The Morgan fingerprint density at radius 2 is 2.25 bits per heavy atom. The molecule has 1 aromatic carbocycles. The van der Waals surface area contributed by atoms with E-state index in [0.29, 0.717) is 18.0 Å². The lowest BCUT2D eigenvalue weighted by molar-refractivity contribution is -0.118. The zero-order valence-corrected chi connectivity index (χ0v) is 10.2. The third-order valence-electron chi connectivity index (χ3n) is 2.06. The van der Waals surface area contributed by atoms with E-state index in [4.69, 9.17) is 11.6 Å². The Morgan fingerprint density at radius 1 is 1.50 bits per heavy atom. The maximum absolute atomic E-state index is 10.6. The molecule has 0 radical (unpaired) electrons. The van der Waals surface area contributed by atoms with Gasteiger partial charge in [-0.25, -0.2) is 0 Å². The number of hydrogen-bond acceptors (Lipinski definition) is 1. The molecule has 0 spiro atoms. The van der Waals surface area contributed by atoms with Crippen molar-refractivity contribution in [2.45, 2.75) is 20.3 Å². The number of rotatable bonds is 2. The molecule has 3 heteroatoms. The molecule has 0 aliphatic carbocycles. The number of aryl methyl sites for hydroxylation is 1. The Bertz CT molecular complexity index is 423. The largest absolute Gasteiger partial charge is 0.355 e. The number of hydrogen-bond donors (Lipinski definition) is 1.